The van der Waals surface area contributed by atoms with E-state index < -0.39 is 12.6 Å². The Balaban J connectivity index is 1.57. The Morgan fingerprint density at radius 2 is 1.60 bits per heavy atom. The van der Waals surface area contributed by atoms with E-state index in [1.807, 2.05) is 0 Å². The molecule has 1 N–H and O–H groups in total. The van der Waals surface area contributed by atoms with Crippen molar-refractivity contribution in [1.29, 1.82) is 0 Å². The van der Waals surface area contributed by atoms with Crippen LogP contribution in [0, 0.1) is 23.7 Å². The topological polar surface area (TPSA) is 83.9 Å². The number of alkyl halides is 2. The number of carboxylic acids is 1. The second kappa shape index (κ2) is 6.09. The van der Waals surface area contributed by atoms with Crippen LogP contribution in [-0.2, 0) is 14.4 Å². The first kappa shape index (κ1) is 17.0. The Morgan fingerprint density at radius 1 is 1.08 bits per heavy atom. The zero-order chi connectivity index (χ0) is 17.9. The lowest BCUT2D eigenvalue weighted by Crippen LogP contribution is -2.37. The first-order chi connectivity index (χ1) is 11.9. The van der Waals surface area contributed by atoms with Gasteiger partial charge in [-0.05, 0) is 42.5 Å². The molecule has 3 aliphatic rings. The first-order valence-corrected chi connectivity index (χ1v) is 9.84. The van der Waals surface area contributed by atoms with Crippen molar-refractivity contribution in [2.75, 3.05) is 11.5 Å². The number of ether oxygens (including phenoxy) is 1. The fourth-order valence-electron chi connectivity index (χ4n) is 4.44. The van der Waals surface area contributed by atoms with Gasteiger partial charge in [-0.25, -0.2) is 4.79 Å². The number of carbonyl (C=O) groups excluding carboxylic acids is 2. The summed E-state index contributed by atoms with van der Waals surface area (Å²) in [4.78, 5) is 38.0. The van der Waals surface area contributed by atoms with E-state index in [1.54, 1.807) is 24.3 Å². The fourth-order valence-corrected chi connectivity index (χ4v) is 6.31. The molecule has 1 saturated heterocycles. The molecule has 1 heterocycles. The zero-order valence-corrected chi connectivity index (χ0v) is 16.1. The van der Waals surface area contributed by atoms with Crippen molar-refractivity contribution >= 4 is 55.3 Å². The maximum atomic E-state index is 12.9. The van der Waals surface area contributed by atoms with Crippen molar-refractivity contribution in [3.63, 3.8) is 0 Å². The van der Waals surface area contributed by atoms with E-state index in [1.165, 1.54) is 4.90 Å². The normalized spacial score (nSPS) is 36.0. The van der Waals surface area contributed by atoms with Gasteiger partial charge in [-0.15, -0.1) is 0 Å². The number of carbonyl (C=O) groups is 3. The van der Waals surface area contributed by atoms with Gasteiger partial charge in [0.15, 0.2) is 6.61 Å². The lowest BCUT2D eigenvalue weighted by atomic mass is 9.81. The second-order valence-corrected chi connectivity index (χ2v) is 8.81. The number of imide groups is 1. The van der Waals surface area contributed by atoms with Crippen LogP contribution >= 0.6 is 31.9 Å². The van der Waals surface area contributed by atoms with Crippen LogP contribution < -0.4 is 9.64 Å². The molecule has 0 spiro atoms. The van der Waals surface area contributed by atoms with Crippen molar-refractivity contribution in [1.82, 2.24) is 0 Å². The van der Waals surface area contributed by atoms with Crippen LogP contribution in [-0.4, -0.2) is 39.2 Å². The minimum absolute atomic E-state index is 0.134. The Labute approximate surface area is 160 Å². The van der Waals surface area contributed by atoms with Crippen molar-refractivity contribution in [2.45, 2.75) is 16.1 Å². The monoisotopic (exact) mass is 471 g/mol. The third-order valence-corrected chi connectivity index (χ3v) is 8.65. The van der Waals surface area contributed by atoms with Crippen LogP contribution in [0.4, 0.5) is 5.69 Å². The Kier molecular flexibility index (Phi) is 4.15. The van der Waals surface area contributed by atoms with Gasteiger partial charge in [0.05, 0.1) is 17.5 Å². The number of aliphatic carboxylic acids is 1. The molecular weight excluding hydrogens is 458 g/mol. The number of fused-ring (bicyclic) bond motifs is 5. The van der Waals surface area contributed by atoms with E-state index in [9.17, 15) is 14.4 Å². The molecule has 0 radical (unpaired) electrons. The van der Waals surface area contributed by atoms with Crippen LogP contribution in [0.3, 0.4) is 0 Å². The fraction of sp³-hybridized carbons (Fsp3) is 0.471. The number of carboxylic acid groups (broad SMARTS) is 1. The van der Waals surface area contributed by atoms with E-state index in [0.717, 1.165) is 6.42 Å². The molecule has 8 heteroatoms. The van der Waals surface area contributed by atoms with Gasteiger partial charge in [0.25, 0.3) is 0 Å². The summed E-state index contributed by atoms with van der Waals surface area (Å²) in [6.45, 7) is -0.437. The van der Waals surface area contributed by atoms with E-state index in [4.69, 9.17) is 9.84 Å². The molecule has 6 nitrogen and oxygen atoms in total. The van der Waals surface area contributed by atoms with Crippen LogP contribution in [0.5, 0.6) is 5.75 Å². The molecule has 0 unspecified atom stereocenters. The third kappa shape index (κ3) is 2.52. The maximum absolute atomic E-state index is 12.9. The highest BCUT2D eigenvalue weighted by Crippen LogP contribution is 2.60. The van der Waals surface area contributed by atoms with Crippen LogP contribution in [0.25, 0.3) is 0 Å². The summed E-state index contributed by atoms with van der Waals surface area (Å²) in [7, 11) is 0. The van der Waals surface area contributed by atoms with Gasteiger partial charge in [0, 0.05) is 9.65 Å². The first-order valence-electron chi connectivity index (χ1n) is 8.00. The molecule has 1 aliphatic heterocycles. The van der Waals surface area contributed by atoms with Gasteiger partial charge in [0.2, 0.25) is 11.8 Å². The second-order valence-electron chi connectivity index (χ2n) is 6.69. The highest BCUT2D eigenvalue weighted by molar-refractivity contribution is 9.12. The van der Waals surface area contributed by atoms with Gasteiger partial charge in [-0.3, -0.25) is 14.5 Å². The lowest BCUT2D eigenvalue weighted by Gasteiger charge is -2.28. The van der Waals surface area contributed by atoms with Crippen LogP contribution in [0.2, 0.25) is 0 Å². The Hall–Kier alpha value is -1.41. The highest BCUT2D eigenvalue weighted by atomic mass is 79.9. The standard InChI is InChI=1S/C17H15Br2NO5/c18-14-9-5-10(15(14)19)13-12(9)16(23)20(17(13)24)7-1-3-8(4-2-7)25-6-11(21)22/h1-4,9-10,12-15H,5-6H2,(H,21,22)/t9-,10-,12-,13+,14+,15+/m1/s1. The van der Waals surface area contributed by atoms with Gasteiger partial charge in [0.1, 0.15) is 5.75 Å². The quantitative estimate of drug-likeness (QED) is 0.537. The maximum Gasteiger partial charge on any atom is 0.341 e. The smallest absolute Gasteiger partial charge is 0.341 e. The molecule has 6 atom stereocenters. The van der Waals surface area contributed by atoms with E-state index in [-0.39, 0.29) is 45.1 Å². The number of nitrogens with zero attached hydrogens (tertiary/aromatic N) is 1. The van der Waals surface area contributed by atoms with Gasteiger partial charge >= 0.3 is 5.97 Å². The lowest BCUT2D eigenvalue weighted by molar-refractivity contribution is -0.139. The summed E-state index contributed by atoms with van der Waals surface area (Å²) in [5.74, 6) is -1.09. The van der Waals surface area contributed by atoms with E-state index >= 15 is 0 Å². The van der Waals surface area contributed by atoms with Crippen molar-refractivity contribution < 1.29 is 24.2 Å². The molecule has 0 aromatic heterocycles. The third-order valence-electron chi connectivity index (χ3n) is 5.44. The Bertz CT molecular complexity index is 720. The zero-order valence-electron chi connectivity index (χ0n) is 13.0. The summed E-state index contributed by atoms with van der Waals surface area (Å²) in [6.07, 6.45) is 0.897. The predicted octanol–water partition coefficient (Wildman–Crippen LogP) is 2.43. The highest BCUT2D eigenvalue weighted by Gasteiger charge is 2.66. The van der Waals surface area contributed by atoms with Gasteiger partial charge in [-0.1, -0.05) is 31.9 Å². The Morgan fingerprint density at radius 3 is 2.08 bits per heavy atom. The summed E-state index contributed by atoms with van der Waals surface area (Å²) in [5, 5.41) is 8.63. The van der Waals surface area contributed by atoms with E-state index in [2.05, 4.69) is 31.9 Å². The number of amides is 2. The predicted molar refractivity (Wildman–Crippen MR) is 96.1 cm³/mol. The SMILES string of the molecule is O=C(O)COc1ccc(N2C(=O)[C@@H]3[C@H]4C[C@@H]([C@H](Br)[C@H]4Br)[C@@H]3C2=O)cc1. The van der Waals surface area contributed by atoms with Crippen LogP contribution in [0.1, 0.15) is 6.42 Å². The van der Waals surface area contributed by atoms with E-state index in [0.29, 0.717) is 11.4 Å². The number of rotatable bonds is 4. The summed E-state index contributed by atoms with van der Waals surface area (Å²) in [5.41, 5.74) is 0.503. The summed E-state index contributed by atoms with van der Waals surface area (Å²) >= 11 is 7.33. The minimum atomic E-state index is -1.06. The molecule has 3 fully saturated rings. The number of halogens is 2. The van der Waals surface area contributed by atoms with Gasteiger partial charge in [-0.2, -0.15) is 0 Å². The molecule has 1 aromatic rings. The molecule has 2 aliphatic carbocycles. The van der Waals surface area contributed by atoms with Crippen molar-refractivity contribution in [3.8, 4) is 5.75 Å². The molecule has 2 amide bonds. The number of hydrogen-bond acceptors (Lipinski definition) is 4. The molecule has 2 saturated carbocycles. The summed E-state index contributed by atoms with van der Waals surface area (Å²) in [6, 6.07) is 6.38. The molecule has 25 heavy (non-hydrogen) atoms. The average molecular weight is 473 g/mol. The van der Waals surface area contributed by atoms with Crippen molar-refractivity contribution in [3.05, 3.63) is 24.3 Å². The number of anilines is 1. The van der Waals surface area contributed by atoms with Crippen molar-refractivity contribution in [2.24, 2.45) is 23.7 Å². The minimum Gasteiger partial charge on any atom is -0.482 e. The van der Waals surface area contributed by atoms with Gasteiger partial charge < -0.3 is 9.84 Å². The molecule has 2 bridgehead atoms. The summed E-state index contributed by atoms with van der Waals surface area (Å²) < 4.78 is 5.09. The molecule has 1 aromatic carbocycles. The molecule has 4 rings (SSSR count). The number of benzene rings is 1. The molecule has 132 valence electrons. The largest absolute Gasteiger partial charge is 0.482 e. The number of hydrogen-bond donors (Lipinski definition) is 1. The average Bonchev–Trinajstić information content (AvgIpc) is 3.19. The molecular formula is C17H15Br2NO5. The van der Waals surface area contributed by atoms with Crippen LogP contribution in [0.15, 0.2) is 24.3 Å².